The number of nitrogens with zero attached hydrogens (tertiary/aromatic N) is 1. The smallest absolute Gasteiger partial charge is 0.255 e. The minimum atomic E-state index is -0.308. The van der Waals surface area contributed by atoms with E-state index in [1.807, 2.05) is 6.92 Å². The molecule has 104 valence electrons. The lowest BCUT2D eigenvalue weighted by Gasteiger charge is -2.39. The van der Waals surface area contributed by atoms with Crippen LogP contribution in [0.3, 0.4) is 0 Å². The molecule has 4 nitrogen and oxygen atoms in total. The quantitative estimate of drug-likeness (QED) is 0.908. The van der Waals surface area contributed by atoms with Gasteiger partial charge in [-0.25, -0.2) is 0 Å². The maximum Gasteiger partial charge on any atom is 0.255 e. The van der Waals surface area contributed by atoms with Crippen molar-refractivity contribution >= 4 is 17.5 Å². The Morgan fingerprint density at radius 1 is 1.53 bits per heavy atom. The van der Waals surface area contributed by atoms with E-state index in [2.05, 4.69) is 0 Å². The van der Waals surface area contributed by atoms with Crippen LogP contribution in [0.5, 0.6) is 5.75 Å². The number of amides is 1. The van der Waals surface area contributed by atoms with Crippen LogP contribution in [0.4, 0.5) is 0 Å². The maximum atomic E-state index is 12.5. The Balaban J connectivity index is 2.22. The van der Waals surface area contributed by atoms with E-state index in [-0.39, 0.29) is 17.3 Å². The monoisotopic (exact) mass is 283 g/mol. The minimum absolute atomic E-state index is 0.0410. The number of piperidine rings is 1. The number of hydrogen-bond acceptors (Lipinski definition) is 3. The standard InChI is InChI=1S/C14H18ClNO3/c1-14(19-2)6-3-7-16(9-14)13(18)11-8-10(17)4-5-12(11)15/h4-5,8,17H,3,6-7,9H2,1-2H3. The normalized spacial score (nSPS) is 23.4. The molecule has 1 aliphatic rings. The number of rotatable bonds is 2. The second-order valence-corrected chi connectivity index (χ2v) is 5.56. The van der Waals surface area contributed by atoms with Crippen LogP contribution in [-0.4, -0.2) is 41.7 Å². The van der Waals surface area contributed by atoms with Gasteiger partial charge in [-0.05, 0) is 38.0 Å². The number of phenolic OH excluding ortho intramolecular Hbond substituents is 1. The Kier molecular flexibility index (Phi) is 4.02. The molecule has 1 unspecified atom stereocenters. The van der Waals surface area contributed by atoms with Crippen LogP contribution < -0.4 is 0 Å². The summed E-state index contributed by atoms with van der Waals surface area (Å²) in [5.41, 5.74) is 0.0269. The average molecular weight is 284 g/mol. The van der Waals surface area contributed by atoms with Crippen LogP contribution >= 0.6 is 11.6 Å². The molecule has 1 N–H and O–H groups in total. The summed E-state index contributed by atoms with van der Waals surface area (Å²) in [6.45, 7) is 3.22. The van der Waals surface area contributed by atoms with Gasteiger partial charge in [0.2, 0.25) is 0 Å². The molecule has 5 heteroatoms. The van der Waals surface area contributed by atoms with Crippen molar-refractivity contribution in [1.29, 1.82) is 0 Å². The lowest BCUT2D eigenvalue weighted by molar-refractivity contribution is -0.0440. The molecule has 1 saturated heterocycles. The van der Waals surface area contributed by atoms with Gasteiger partial charge < -0.3 is 14.7 Å². The lowest BCUT2D eigenvalue weighted by Crippen LogP contribution is -2.49. The molecule has 1 aliphatic heterocycles. The topological polar surface area (TPSA) is 49.8 Å². The van der Waals surface area contributed by atoms with E-state index in [1.165, 1.54) is 18.2 Å². The van der Waals surface area contributed by atoms with Crippen molar-refractivity contribution in [3.63, 3.8) is 0 Å². The molecule has 0 bridgehead atoms. The summed E-state index contributed by atoms with van der Waals surface area (Å²) in [7, 11) is 1.66. The molecule has 0 saturated carbocycles. The van der Waals surface area contributed by atoms with E-state index in [1.54, 1.807) is 12.0 Å². The van der Waals surface area contributed by atoms with Crippen molar-refractivity contribution in [2.24, 2.45) is 0 Å². The van der Waals surface area contributed by atoms with E-state index < -0.39 is 0 Å². The van der Waals surface area contributed by atoms with E-state index in [0.717, 1.165) is 12.8 Å². The number of halogens is 1. The van der Waals surface area contributed by atoms with Crippen LogP contribution in [0.15, 0.2) is 18.2 Å². The number of hydrogen-bond donors (Lipinski definition) is 1. The number of phenols is 1. The summed E-state index contributed by atoms with van der Waals surface area (Å²) in [4.78, 5) is 14.2. The van der Waals surface area contributed by atoms with Gasteiger partial charge >= 0.3 is 0 Å². The molecule has 0 aromatic heterocycles. The van der Waals surface area contributed by atoms with Crippen LogP contribution in [-0.2, 0) is 4.74 Å². The minimum Gasteiger partial charge on any atom is -0.508 e. The maximum absolute atomic E-state index is 12.5. The van der Waals surface area contributed by atoms with E-state index in [4.69, 9.17) is 16.3 Å². The van der Waals surface area contributed by atoms with Crippen molar-refractivity contribution in [1.82, 2.24) is 4.90 Å². The molecule has 2 rings (SSSR count). The van der Waals surface area contributed by atoms with E-state index in [9.17, 15) is 9.90 Å². The van der Waals surface area contributed by atoms with Crippen molar-refractivity contribution in [3.8, 4) is 5.75 Å². The molecule has 1 heterocycles. The zero-order valence-electron chi connectivity index (χ0n) is 11.1. The van der Waals surface area contributed by atoms with Gasteiger partial charge in [-0.3, -0.25) is 4.79 Å². The third kappa shape index (κ3) is 3.01. The fourth-order valence-corrected chi connectivity index (χ4v) is 2.59. The second-order valence-electron chi connectivity index (χ2n) is 5.15. The van der Waals surface area contributed by atoms with Gasteiger partial charge in [0.25, 0.3) is 5.91 Å². The number of benzene rings is 1. The predicted molar refractivity (Wildman–Crippen MR) is 73.7 cm³/mol. The van der Waals surface area contributed by atoms with Gasteiger partial charge in [0.1, 0.15) is 5.75 Å². The highest BCUT2D eigenvalue weighted by atomic mass is 35.5. The third-order valence-electron chi connectivity index (χ3n) is 3.62. The van der Waals surface area contributed by atoms with Gasteiger partial charge in [0.15, 0.2) is 0 Å². The second kappa shape index (κ2) is 5.39. The van der Waals surface area contributed by atoms with Crippen molar-refractivity contribution in [2.45, 2.75) is 25.4 Å². The average Bonchev–Trinajstić information content (AvgIpc) is 2.41. The molecule has 1 aromatic rings. The first kappa shape index (κ1) is 14.2. The Morgan fingerprint density at radius 3 is 2.95 bits per heavy atom. The summed E-state index contributed by atoms with van der Waals surface area (Å²) in [5.74, 6) is -0.122. The number of aromatic hydroxyl groups is 1. The van der Waals surface area contributed by atoms with Crippen LogP contribution in [0.1, 0.15) is 30.1 Å². The number of methoxy groups -OCH3 is 1. The Bertz CT molecular complexity index is 492. The molecule has 1 amide bonds. The zero-order chi connectivity index (χ0) is 14.0. The Hall–Kier alpha value is -1.26. The van der Waals surface area contributed by atoms with Crippen LogP contribution in [0.2, 0.25) is 5.02 Å². The number of carbonyl (C=O) groups excluding carboxylic acids is 1. The first-order valence-electron chi connectivity index (χ1n) is 6.28. The van der Waals surface area contributed by atoms with Gasteiger partial charge in [-0.15, -0.1) is 0 Å². The van der Waals surface area contributed by atoms with Gasteiger partial charge in [-0.1, -0.05) is 11.6 Å². The summed E-state index contributed by atoms with van der Waals surface area (Å²) >= 11 is 6.03. The fraction of sp³-hybridized carbons (Fsp3) is 0.500. The van der Waals surface area contributed by atoms with E-state index in [0.29, 0.717) is 23.7 Å². The molecular formula is C14H18ClNO3. The van der Waals surface area contributed by atoms with Gasteiger partial charge in [0, 0.05) is 20.2 Å². The molecule has 1 atom stereocenters. The number of carbonyl (C=O) groups is 1. The largest absolute Gasteiger partial charge is 0.508 e. The highest BCUT2D eigenvalue weighted by Crippen LogP contribution is 2.28. The molecule has 0 spiro atoms. The zero-order valence-corrected chi connectivity index (χ0v) is 11.9. The highest BCUT2D eigenvalue weighted by molar-refractivity contribution is 6.33. The molecule has 1 fully saturated rings. The summed E-state index contributed by atoms with van der Waals surface area (Å²) in [5, 5.41) is 9.83. The van der Waals surface area contributed by atoms with Crippen LogP contribution in [0.25, 0.3) is 0 Å². The first-order chi connectivity index (χ1) is 8.95. The first-order valence-corrected chi connectivity index (χ1v) is 6.66. The molecule has 0 aliphatic carbocycles. The summed E-state index contributed by atoms with van der Waals surface area (Å²) < 4.78 is 5.47. The fourth-order valence-electron chi connectivity index (χ4n) is 2.39. The Morgan fingerprint density at radius 2 is 2.26 bits per heavy atom. The van der Waals surface area contributed by atoms with Crippen molar-refractivity contribution < 1.29 is 14.6 Å². The number of likely N-dealkylation sites (tertiary alicyclic amines) is 1. The molecular weight excluding hydrogens is 266 g/mol. The predicted octanol–water partition coefficient (Wildman–Crippen LogP) is 2.69. The molecule has 0 radical (unpaired) electrons. The summed E-state index contributed by atoms with van der Waals surface area (Å²) in [6.07, 6.45) is 1.83. The number of ether oxygens (including phenoxy) is 1. The van der Waals surface area contributed by atoms with E-state index >= 15 is 0 Å². The lowest BCUT2D eigenvalue weighted by atomic mass is 9.94. The molecule has 19 heavy (non-hydrogen) atoms. The van der Waals surface area contributed by atoms with Gasteiger partial charge in [0.05, 0.1) is 16.2 Å². The van der Waals surface area contributed by atoms with Crippen molar-refractivity contribution in [2.75, 3.05) is 20.2 Å². The van der Waals surface area contributed by atoms with Crippen LogP contribution in [0, 0.1) is 0 Å². The van der Waals surface area contributed by atoms with Gasteiger partial charge in [-0.2, -0.15) is 0 Å². The SMILES string of the molecule is COC1(C)CCCN(C(=O)c2cc(O)ccc2Cl)C1. The Labute approximate surface area is 117 Å². The highest BCUT2D eigenvalue weighted by Gasteiger charge is 2.33. The molecule has 1 aromatic carbocycles. The summed E-state index contributed by atoms with van der Waals surface area (Å²) in [6, 6.07) is 4.40. The van der Waals surface area contributed by atoms with Crippen molar-refractivity contribution in [3.05, 3.63) is 28.8 Å². The third-order valence-corrected chi connectivity index (χ3v) is 3.95.